The lowest BCUT2D eigenvalue weighted by atomic mass is 10.1. The van der Waals surface area contributed by atoms with E-state index in [0.29, 0.717) is 0 Å². The van der Waals surface area contributed by atoms with Gasteiger partial charge < -0.3 is 9.47 Å². The van der Waals surface area contributed by atoms with Crippen LogP contribution in [0.2, 0.25) is 0 Å². The summed E-state index contributed by atoms with van der Waals surface area (Å²) in [4.78, 5) is 11.1. The minimum atomic E-state index is -0.341. The average molecular weight is 184 g/mol. The number of carbonyl (C=O) groups is 1. The Bertz CT molecular complexity index is 222. The van der Waals surface area contributed by atoms with Crippen LogP contribution in [-0.2, 0) is 14.3 Å². The number of rotatable bonds is 4. The van der Waals surface area contributed by atoms with Gasteiger partial charge in [0, 0.05) is 6.08 Å². The molecule has 0 aromatic heterocycles. The fourth-order valence-electron chi connectivity index (χ4n) is 0.968. The van der Waals surface area contributed by atoms with E-state index in [4.69, 9.17) is 9.47 Å². The molecule has 0 N–H and O–H groups in total. The Hall–Kier alpha value is -0.830. The highest BCUT2D eigenvalue weighted by Gasteiger charge is 2.54. The molecule has 0 bridgehead atoms. The van der Waals surface area contributed by atoms with Gasteiger partial charge in [-0.1, -0.05) is 19.9 Å². The van der Waals surface area contributed by atoms with Crippen molar-refractivity contribution < 1.29 is 14.3 Å². The van der Waals surface area contributed by atoms with Gasteiger partial charge in [-0.2, -0.15) is 0 Å². The molecule has 3 nitrogen and oxygen atoms in total. The fourth-order valence-corrected chi connectivity index (χ4v) is 0.968. The zero-order valence-electron chi connectivity index (χ0n) is 8.37. The average Bonchev–Trinajstić information content (AvgIpc) is 2.74. The second kappa shape index (κ2) is 3.92. The highest BCUT2D eigenvalue weighted by Crippen LogP contribution is 2.39. The summed E-state index contributed by atoms with van der Waals surface area (Å²) in [6.07, 6.45) is 4.58. The summed E-state index contributed by atoms with van der Waals surface area (Å²) in [5.41, 5.74) is -0.240. The first-order valence-electron chi connectivity index (χ1n) is 4.67. The Balaban J connectivity index is 2.28. The van der Waals surface area contributed by atoms with E-state index in [2.05, 4.69) is 0 Å². The summed E-state index contributed by atoms with van der Waals surface area (Å²) in [6.45, 7) is 5.91. The highest BCUT2D eigenvalue weighted by atomic mass is 16.8. The minimum Gasteiger partial charge on any atom is -0.429 e. The second-order valence-corrected chi connectivity index (χ2v) is 3.36. The Morgan fingerprint density at radius 3 is 2.77 bits per heavy atom. The first kappa shape index (κ1) is 10.3. The molecule has 0 radical (unpaired) electrons. The predicted molar refractivity (Wildman–Crippen MR) is 49.1 cm³/mol. The molecule has 0 saturated carbocycles. The number of ether oxygens (including phenoxy) is 2. The number of hydrogen-bond acceptors (Lipinski definition) is 3. The smallest absolute Gasteiger partial charge is 0.332 e. The lowest BCUT2D eigenvalue weighted by Gasteiger charge is -2.00. The molecular formula is C10H16O3. The van der Waals surface area contributed by atoms with E-state index in [9.17, 15) is 4.79 Å². The van der Waals surface area contributed by atoms with Crippen LogP contribution in [0.1, 0.15) is 33.6 Å². The van der Waals surface area contributed by atoms with Crippen molar-refractivity contribution in [3.63, 3.8) is 0 Å². The Kier molecular flexibility index (Phi) is 3.09. The first-order chi connectivity index (χ1) is 6.12. The molecule has 0 amide bonds. The van der Waals surface area contributed by atoms with E-state index in [1.165, 1.54) is 6.08 Å². The Morgan fingerprint density at radius 2 is 2.31 bits per heavy atom. The van der Waals surface area contributed by atoms with E-state index in [1.807, 2.05) is 20.8 Å². The molecule has 0 aromatic carbocycles. The van der Waals surface area contributed by atoms with Crippen molar-refractivity contribution in [2.45, 2.75) is 45.5 Å². The summed E-state index contributed by atoms with van der Waals surface area (Å²) in [5, 5.41) is 0. The van der Waals surface area contributed by atoms with Crippen LogP contribution in [0.15, 0.2) is 12.2 Å². The molecule has 1 saturated heterocycles. The predicted octanol–water partition coefficient (Wildman–Crippen LogP) is 2.02. The number of carbonyl (C=O) groups excluding carboxylic acids is 1. The van der Waals surface area contributed by atoms with Crippen molar-refractivity contribution in [2.75, 3.05) is 0 Å². The van der Waals surface area contributed by atoms with Gasteiger partial charge in [0.05, 0.1) is 0 Å². The normalized spacial score (nSPS) is 32.1. The van der Waals surface area contributed by atoms with Crippen molar-refractivity contribution in [3.8, 4) is 0 Å². The summed E-state index contributed by atoms with van der Waals surface area (Å²) in [5.74, 6) is -0.316. The van der Waals surface area contributed by atoms with Crippen LogP contribution in [0, 0.1) is 0 Å². The van der Waals surface area contributed by atoms with Crippen molar-refractivity contribution in [1.82, 2.24) is 0 Å². The molecular weight excluding hydrogens is 168 g/mol. The van der Waals surface area contributed by atoms with Crippen molar-refractivity contribution in [3.05, 3.63) is 12.2 Å². The topological polar surface area (TPSA) is 38.8 Å². The maximum absolute atomic E-state index is 11.1. The van der Waals surface area contributed by atoms with Gasteiger partial charge >= 0.3 is 5.97 Å². The molecule has 1 aliphatic heterocycles. The molecule has 2 unspecified atom stereocenters. The maximum atomic E-state index is 11.1. The van der Waals surface area contributed by atoms with Crippen molar-refractivity contribution in [1.29, 1.82) is 0 Å². The zero-order valence-corrected chi connectivity index (χ0v) is 8.37. The molecule has 2 atom stereocenters. The standard InChI is InChI=1S/C10H16O3/c1-4-6-7-8(11)12-9-10(3,5-2)13-9/h6-7,9H,4-5H2,1-3H3/b7-6+. The van der Waals surface area contributed by atoms with Gasteiger partial charge in [0.15, 0.2) is 0 Å². The molecule has 74 valence electrons. The minimum absolute atomic E-state index is 0.240. The largest absolute Gasteiger partial charge is 0.429 e. The summed E-state index contributed by atoms with van der Waals surface area (Å²) < 4.78 is 10.2. The summed E-state index contributed by atoms with van der Waals surface area (Å²) >= 11 is 0. The van der Waals surface area contributed by atoms with Gasteiger partial charge in [-0.15, -0.1) is 0 Å². The van der Waals surface area contributed by atoms with Gasteiger partial charge in [0.25, 0.3) is 0 Å². The Morgan fingerprint density at radius 1 is 1.62 bits per heavy atom. The maximum Gasteiger partial charge on any atom is 0.332 e. The number of hydrogen-bond donors (Lipinski definition) is 0. The molecule has 3 heteroatoms. The van der Waals surface area contributed by atoms with Crippen LogP contribution in [0.3, 0.4) is 0 Å². The van der Waals surface area contributed by atoms with Crippen LogP contribution in [0.5, 0.6) is 0 Å². The van der Waals surface area contributed by atoms with Crippen molar-refractivity contribution in [2.24, 2.45) is 0 Å². The fraction of sp³-hybridized carbons (Fsp3) is 0.700. The van der Waals surface area contributed by atoms with Gasteiger partial charge in [-0.05, 0) is 19.8 Å². The van der Waals surface area contributed by atoms with E-state index in [-0.39, 0.29) is 17.9 Å². The van der Waals surface area contributed by atoms with Gasteiger partial charge in [0.1, 0.15) is 5.60 Å². The van der Waals surface area contributed by atoms with Crippen LogP contribution >= 0.6 is 0 Å². The molecule has 0 spiro atoms. The molecule has 0 aliphatic carbocycles. The highest BCUT2D eigenvalue weighted by molar-refractivity contribution is 5.82. The number of allylic oxidation sites excluding steroid dienone is 1. The van der Waals surface area contributed by atoms with Gasteiger partial charge in [-0.3, -0.25) is 0 Å². The van der Waals surface area contributed by atoms with Crippen LogP contribution in [0.4, 0.5) is 0 Å². The third-order valence-electron chi connectivity index (χ3n) is 2.23. The summed E-state index contributed by atoms with van der Waals surface area (Å²) in [6, 6.07) is 0. The van der Waals surface area contributed by atoms with Gasteiger partial charge in [0.2, 0.25) is 6.29 Å². The van der Waals surface area contributed by atoms with Gasteiger partial charge in [-0.25, -0.2) is 4.79 Å². The van der Waals surface area contributed by atoms with Crippen LogP contribution < -0.4 is 0 Å². The second-order valence-electron chi connectivity index (χ2n) is 3.36. The molecule has 0 aromatic rings. The van der Waals surface area contributed by atoms with E-state index in [1.54, 1.807) is 6.08 Å². The van der Waals surface area contributed by atoms with Crippen LogP contribution in [-0.4, -0.2) is 17.9 Å². The van der Waals surface area contributed by atoms with E-state index < -0.39 is 0 Å². The lowest BCUT2D eigenvalue weighted by molar-refractivity contribution is -0.142. The molecule has 1 aliphatic rings. The monoisotopic (exact) mass is 184 g/mol. The molecule has 1 rings (SSSR count). The SMILES string of the molecule is CC/C=C/C(=O)OC1OC1(C)CC. The molecule has 1 fully saturated rings. The third-order valence-corrected chi connectivity index (χ3v) is 2.23. The number of epoxide rings is 1. The molecule has 1 heterocycles. The van der Waals surface area contributed by atoms with E-state index >= 15 is 0 Å². The number of esters is 1. The van der Waals surface area contributed by atoms with Crippen LogP contribution in [0.25, 0.3) is 0 Å². The molecule has 13 heavy (non-hydrogen) atoms. The zero-order chi connectivity index (χ0) is 9.90. The lowest BCUT2D eigenvalue weighted by Crippen LogP contribution is -2.13. The summed E-state index contributed by atoms with van der Waals surface area (Å²) in [7, 11) is 0. The quantitative estimate of drug-likeness (QED) is 0.381. The van der Waals surface area contributed by atoms with Crippen molar-refractivity contribution >= 4 is 5.97 Å². The third kappa shape index (κ3) is 2.56. The first-order valence-corrected chi connectivity index (χ1v) is 4.67. The van der Waals surface area contributed by atoms with E-state index in [0.717, 1.165) is 12.8 Å². The Labute approximate surface area is 78.7 Å².